The number of halogens is 1. The van der Waals surface area contributed by atoms with Crippen molar-refractivity contribution in [3.63, 3.8) is 0 Å². The number of carbonyl (C=O) groups is 2. The molecule has 0 unspecified atom stereocenters. The van der Waals surface area contributed by atoms with Gasteiger partial charge in [0.15, 0.2) is 0 Å². The molecule has 3 rings (SSSR count). The van der Waals surface area contributed by atoms with Gasteiger partial charge in [0.05, 0.1) is 16.7 Å². The highest BCUT2D eigenvalue weighted by molar-refractivity contribution is 9.10. The first-order valence-electron chi connectivity index (χ1n) is 8.58. The summed E-state index contributed by atoms with van der Waals surface area (Å²) in [4.78, 5) is 34.2. The van der Waals surface area contributed by atoms with Crippen molar-refractivity contribution in [2.45, 2.75) is 0 Å². The van der Waals surface area contributed by atoms with Crippen molar-refractivity contribution in [2.24, 2.45) is 5.10 Å². The van der Waals surface area contributed by atoms with Crippen LogP contribution in [0.2, 0.25) is 0 Å². The number of nitrogens with zero attached hydrogens (tertiary/aromatic N) is 2. The second-order valence-electron chi connectivity index (χ2n) is 5.97. The molecule has 0 aromatic heterocycles. The number of non-ortho nitro benzene ring substituents is 1. The topological polar surface area (TPSA) is 111 Å². The van der Waals surface area contributed by atoms with E-state index in [9.17, 15) is 19.7 Å². The highest BCUT2D eigenvalue weighted by atomic mass is 79.9. The van der Waals surface area contributed by atoms with Gasteiger partial charge in [-0.3, -0.25) is 14.9 Å². The monoisotopic (exact) mass is 467 g/mol. The fourth-order valence-corrected chi connectivity index (χ4v) is 2.77. The molecule has 150 valence electrons. The molecular formula is C21H14BrN3O5. The van der Waals surface area contributed by atoms with Crippen LogP contribution >= 0.6 is 15.9 Å². The minimum absolute atomic E-state index is 0.109. The first-order chi connectivity index (χ1) is 14.4. The van der Waals surface area contributed by atoms with E-state index < -0.39 is 10.9 Å². The van der Waals surface area contributed by atoms with Gasteiger partial charge in [-0.05, 0) is 60.2 Å². The Morgan fingerprint density at radius 1 is 1.00 bits per heavy atom. The number of esters is 1. The zero-order valence-electron chi connectivity index (χ0n) is 15.3. The summed E-state index contributed by atoms with van der Waals surface area (Å²) in [5.74, 6) is -0.678. The van der Waals surface area contributed by atoms with Crippen LogP contribution in [0.15, 0.2) is 82.4 Å². The first kappa shape index (κ1) is 20.9. The van der Waals surface area contributed by atoms with Crippen LogP contribution in [-0.2, 0) is 0 Å². The van der Waals surface area contributed by atoms with Crippen LogP contribution in [0.1, 0.15) is 26.3 Å². The Kier molecular flexibility index (Phi) is 6.66. The number of amides is 1. The number of benzene rings is 3. The average Bonchev–Trinajstić information content (AvgIpc) is 2.75. The normalized spacial score (nSPS) is 10.6. The molecule has 0 saturated heterocycles. The maximum atomic E-state index is 12.1. The van der Waals surface area contributed by atoms with E-state index in [2.05, 4.69) is 26.5 Å². The predicted octanol–water partition coefficient (Wildman–Crippen LogP) is 4.34. The lowest BCUT2D eigenvalue weighted by Gasteiger charge is -2.04. The maximum absolute atomic E-state index is 12.1. The van der Waals surface area contributed by atoms with Crippen molar-refractivity contribution >= 4 is 39.7 Å². The second-order valence-corrected chi connectivity index (χ2v) is 6.89. The van der Waals surface area contributed by atoms with Gasteiger partial charge < -0.3 is 4.74 Å². The Hall–Kier alpha value is -3.85. The molecule has 0 aliphatic carbocycles. The molecule has 0 heterocycles. The van der Waals surface area contributed by atoms with E-state index in [1.807, 2.05) is 6.07 Å². The van der Waals surface area contributed by atoms with E-state index in [4.69, 9.17) is 4.74 Å². The molecule has 0 aliphatic heterocycles. The largest absolute Gasteiger partial charge is 0.423 e. The number of hydrazone groups is 1. The van der Waals surface area contributed by atoms with Gasteiger partial charge in [-0.15, -0.1) is 0 Å². The SMILES string of the molecule is O=C(NN=Cc1ccc(OC(=O)c2ccc([N+](=O)[O-])cc2)cc1)c1cccc(Br)c1. The van der Waals surface area contributed by atoms with Gasteiger partial charge in [-0.25, -0.2) is 10.2 Å². The van der Waals surface area contributed by atoms with Crippen LogP contribution in [0, 0.1) is 10.1 Å². The minimum atomic E-state index is -0.632. The van der Waals surface area contributed by atoms with E-state index in [1.165, 1.54) is 30.5 Å². The first-order valence-corrected chi connectivity index (χ1v) is 9.37. The molecule has 0 spiro atoms. The third-order valence-electron chi connectivity index (χ3n) is 3.87. The van der Waals surface area contributed by atoms with Gasteiger partial charge in [0.1, 0.15) is 5.75 Å². The molecule has 3 aromatic carbocycles. The number of hydrogen-bond donors (Lipinski definition) is 1. The van der Waals surface area contributed by atoms with Crippen molar-refractivity contribution in [1.29, 1.82) is 0 Å². The van der Waals surface area contributed by atoms with Crippen molar-refractivity contribution in [3.8, 4) is 5.75 Å². The number of ether oxygens (including phenoxy) is 1. The molecule has 0 fully saturated rings. The third kappa shape index (κ3) is 5.58. The van der Waals surface area contributed by atoms with Gasteiger partial charge in [0.25, 0.3) is 11.6 Å². The van der Waals surface area contributed by atoms with Crippen molar-refractivity contribution in [1.82, 2.24) is 5.43 Å². The summed E-state index contributed by atoms with van der Waals surface area (Å²) in [5, 5.41) is 14.6. The highest BCUT2D eigenvalue weighted by Gasteiger charge is 2.11. The highest BCUT2D eigenvalue weighted by Crippen LogP contribution is 2.16. The lowest BCUT2D eigenvalue weighted by atomic mass is 10.2. The van der Waals surface area contributed by atoms with Crippen LogP contribution in [0.3, 0.4) is 0 Å². The van der Waals surface area contributed by atoms with E-state index in [0.29, 0.717) is 16.9 Å². The number of rotatable bonds is 6. The molecule has 1 amide bonds. The Morgan fingerprint density at radius 2 is 1.70 bits per heavy atom. The zero-order valence-corrected chi connectivity index (χ0v) is 16.9. The standard InChI is InChI=1S/C21H14BrN3O5/c22-17-3-1-2-16(12-17)20(26)24-23-13-14-4-10-19(11-5-14)30-21(27)15-6-8-18(9-7-15)25(28)29/h1-13H,(H,24,26). The quantitative estimate of drug-likeness (QED) is 0.190. The Balaban J connectivity index is 1.56. The molecule has 0 atom stereocenters. The maximum Gasteiger partial charge on any atom is 0.343 e. The summed E-state index contributed by atoms with van der Waals surface area (Å²) in [5.41, 5.74) is 3.67. The summed E-state index contributed by atoms with van der Waals surface area (Å²) in [6.07, 6.45) is 1.46. The fourth-order valence-electron chi connectivity index (χ4n) is 2.37. The molecule has 0 radical (unpaired) electrons. The third-order valence-corrected chi connectivity index (χ3v) is 4.36. The minimum Gasteiger partial charge on any atom is -0.423 e. The molecule has 9 heteroatoms. The average molecular weight is 468 g/mol. The fraction of sp³-hybridized carbons (Fsp3) is 0. The van der Waals surface area contributed by atoms with Crippen molar-refractivity contribution < 1.29 is 19.2 Å². The second kappa shape index (κ2) is 9.57. The summed E-state index contributed by atoms with van der Waals surface area (Å²) >= 11 is 3.30. The number of carbonyl (C=O) groups excluding carboxylic acids is 2. The molecular weight excluding hydrogens is 454 g/mol. The Labute approximate surface area is 179 Å². The van der Waals surface area contributed by atoms with Gasteiger partial charge in [0, 0.05) is 22.2 Å². The van der Waals surface area contributed by atoms with Gasteiger partial charge >= 0.3 is 5.97 Å². The molecule has 0 aliphatic rings. The number of hydrogen-bond acceptors (Lipinski definition) is 6. The number of nitro groups is 1. The smallest absolute Gasteiger partial charge is 0.343 e. The van der Waals surface area contributed by atoms with Crippen LogP contribution in [0.25, 0.3) is 0 Å². The molecule has 0 bridgehead atoms. The zero-order chi connectivity index (χ0) is 21.5. The van der Waals surface area contributed by atoms with Crippen LogP contribution in [0.4, 0.5) is 5.69 Å². The summed E-state index contributed by atoms with van der Waals surface area (Å²) in [6, 6.07) is 18.5. The van der Waals surface area contributed by atoms with Crippen molar-refractivity contribution in [3.05, 3.63) is 104 Å². The van der Waals surface area contributed by atoms with Crippen LogP contribution in [0.5, 0.6) is 5.75 Å². The Bertz CT molecular complexity index is 1110. The van der Waals surface area contributed by atoms with E-state index in [0.717, 1.165) is 4.47 Å². The van der Waals surface area contributed by atoms with Gasteiger partial charge in [0.2, 0.25) is 0 Å². The van der Waals surface area contributed by atoms with Crippen molar-refractivity contribution in [2.75, 3.05) is 0 Å². The lowest BCUT2D eigenvalue weighted by Crippen LogP contribution is -2.17. The number of nitrogens with one attached hydrogen (secondary N) is 1. The van der Waals surface area contributed by atoms with E-state index in [1.54, 1.807) is 42.5 Å². The van der Waals surface area contributed by atoms with E-state index in [-0.39, 0.29) is 17.2 Å². The van der Waals surface area contributed by atoms with E-state index >= 15 is 0 Å². The van der Waals surface area contributed by atoms with Gasteiger partial charge in [-0.2, -0.15) is 5.10 Å². The molecule has 1 N–H and O–H groups in total. The molecule has 30 heavy (non-hydrogen) atoms. The number of nitro benzene ring substituents is 1. The molecule has 3 aromatic rings. The Morgan fingerprint density at radius 3 is 2.33 bits per heavy atom. The van der Waals surface area contributed by atoms with Crippen LogP contribution < -0.4 is 10.2 Å². The predicted molar refractivity (Wildman–Crippen MR) is 114 cm³/mol. The lowest BCUT2D eigenvalue weighted by molar-refractivity contribution is -0.384. The summed E-state index contributed by atoms with van der Waals surface area (Å²) in [7, 11) is 0. The summed E-state index contributed by atoms with van der Waals surface area (Å²) in [6.45, 7) is 0. The van der Waals surface area contributed by atoms with Gasteiger partial charge in [-0.1, -0.05) is 22.0 Å². The summed E-state index contributed by atoms with van der Waals surface area (Å²) < 4.78 is 6.03. The van der Waals surface area contributed by atoms with Crippen LogP contribution in [-0.4, -0.2) is 23.0 Å². The molecule has 0 saturated carbocycles. The molecule has 8 nitrogen and oxygen atoms in total.